The van der Waals surface area contributed by atoms with Gasteiger partial charge in [-0.05, 0) is 23.8 Å². The number of esters is 1. The number of carbonyl (C=O) groups excluding carboxylic acids is 2. The van der Waals surface area contributed by atoms with E-state index in [-0.39, 0.29) is 5.91 Å². The molecule has 0 radical (unpaired) electrons. The van der Waals surface area contributed by atoms with Crippen LogP contribution in [0.4, 0.5) is 5.13 Å². The number of methoxy groups -OCH3 is 1. The molecule has 0 saturated carbocycles. The first kappa shape index (κ1) is 16.3. The molecular weight excluding hydrogens is 316 g/mol. The molecule has 0 spiro atoms. The number of nitriles is 1. The van der Waals surface area contributed by atoms with Crippen molar-refractivity contribution >= 4 is 40.0 Å². The predicted molar refractivity (Wildman–Crippen MR) is 85.5 cm³/mol. The van der Waals surface area contributed by atoms with Gasteiger partial charge < -0.3 is 10.1 Å². The van der Waals surface area contributed by atoms with Crippen molar-refractivity contribution in [2.45, 2.75) is 6.92 Å². The van der Waals surface area contributed by atoms with E-state index in [4.69, 9.17) is 0 Å². The maximum atomic E-state index is 11.4. The summed E-state index contributed by atoms with van der Waals surface area (Å²) in [7, 11) is 1.31. The van der Waals surface area contributed by atoms with Crippen LogP contribution in [0, 0.1) is 11.3 Å². The lowest BCUT2D eigenvalue weighted by molar-refractivity contribution is -0.114. The molecule has 0 bridgehead atoms. The standard InChI is InChI=1S/C15H12N4O3S/c1-9(20)17-15-19-18-13(23-15)12(8-16)7-10-3-5-11(6-4-10)14(21)22-2/h3-7H,1-2H3,(H,17,19,20). The van der Waals surface area contributed by atoms with E-state index in [9.17, 15) is 14.9 Å². The smallest absolute Gasteiger partial charge is 0.337 e. The van der Waals surface area contributed by atoms with Gasteiger partial charge in [-0.2, -0.15) is 5.26 Å². The molecule has 0 aliphatic carbocycles. The van der Waals surface area contributed by atoms with Crippen molar-refractivity contribution in [1.29, 1.82) is 5.26 Å². The molecule has 8 heteroatoms. The van der Waals surface area contributed by atoms with Crippen molar-refractivity contribution < 1.29 is 14.3 Å². The number of nitrogens with one attached hydrogen (secondary N) is 1. The molecular formula is C15H12N4O3S. The molecule has 23 heavy (non-hydrogen) atoms. The molecule has 116 valence electrons. The molecule has 0 aliphatic heterocycles. The van der Waals surface area contributed by atoms with Crippen molar-refractivity contribution in [2.75, 3.05) is 12.4 Å². The highest BCUT2D eigenvalue weighted by molar-refractivity contribution is 7.16. The zero-order valence-corrected chi connectivity index (χ0v) is 13.2. The van der Waals surface area contributed by atoms with Gasteiger partial charge in [-0.15, -0.1) is 10.2 Å². The van der Waals surface area contributed by atoms with Crippen molar-refractivity contribution in [2.24, 2.45) is 0 Å². The van der Waals surface area contributed by atoms with Gasteiger partial charge in [-0.3, -0.25) is 4.79 Å². The van der Waals surface area contributed by atoms with Gasteiger partial charge in [0.15, 0.2) is 5.01 Å². The third kappa shape index (κ3) is 4.21. The van der Waals surface area contributed by atoms with Crippen LogP contribution in [0.5, 0.6) is 0 Å². The van der Waals surface area contributed by atoms with Crippen molar-refractivity contribution in [3.8, 4) is 6.07 Å². The van der Waals surface area contributed by atoms with Gasteiger partial charge in [0.1, 0.15) is 6.07 Å². The average molecular weight is 328 g/mol. The van der Waals surface area contributed by atoms with Crippen LogP contribution in [0.25, 0.3) is 11.6 Å². The van der Waals surface area contributed by atoms with Gasteiger partial charge in [-0.25, -0.2) is 4.79 Å². The van der Waals surface area contributed by atoms with E-state index in [1.165, 1.54) is 14.0 Å². The van der Waals surface area contributed by atoms with Crippen LogP contribution in [0.1, 0.15) is 27.9 Å². The molecule has 0 aliphatic rings. The molecule has 0 fully saturated rings. The van der Waals surface area contributed by atoms with Crippen LogP contribution in [0.3, 0.4) is 0 Å². The lowest BCUT2D eigenvalue weighted by Gasteiger charge is -1.99. The first-order valence-corrected chi connectivity index (χ1v) is 7.26. The second-order valence-electron chi connectivity index (χ2n) is 4.38. The monoisotopic (exact) mass is 328 g/mol. The highest BCUT2D eigenvalue weighted by atomic mass is 32.1. The van der Waals surface area contributed by atoms with Gasteiger partial charge in [0.25, 0.3) is 0 Å². The number of carbonyl (C=O) groups is 2. The Bertz CT molecular complexity index is 803. The van der Waals surface area contributed by atoms with Crippen LogP contribution in [-0.4, -0.2) is 29.2 Å². The lowest BCUT2D eigenvalue weighted by atomic mass is 10.1. The Balaban J connectivity index is 2.25. The second-order valence-corrected chi connectivity index (χ2v) is 5.35. The minimum Gasteiger partial charge on any atom is -0.465 e. The molecule has 1 N–H and O–H groups in total. The Morgan fingerprint density at radius 2 is 2.00 bits per heavy atom. The summed E-state index contributed by atoms with van der Waals surface area (Å²) in [6.45, 7) is 1.37. The van der Waals surface area contributed by atoms with E-state index in [0.717, 1.165) is 16.9 Å². The molecule has 0 unspecified atom stereocenters. The van der Waals surface area contributed by atoms with E-state index >= 15 is 0 Å². The number of aromatic nitrogens is 2. The van der Waals surface area contributed by atoms with E-state index in [1.807, 2.05) is 6.07 Å². The average Bonchev–Trinajstić information content (AvgIpc) is 2.99. The van der Waals surface area contributed by atoms with E-state index in [2.05, 4.69) is 20.3 Å². The summed E-state index contributed by atoms with van der Waals surface area (Å²) in [5, 5.41) is 20.2. The van der Waals surface area contributed by atoms with Gasteiger partial charge in [-0.1, -0.05) is 23.5 Å². The first-order valence-electron chi connectivity index (χ1n) is 6.45. The normalized spacial score (nSPS) is 10.7. The van der Waals surface area contributed by atoms with Crippen molar-refractivity contribution in [3.63, 3.8) is 0 Å². The minimum absolute atomic E-state index is 0.256. The Hall–Kier alpha value is -3.05. The quantitative estimate of drug-likeness (QED) is 0.682. The summed E-state index contributed by atoms with van der Waals surface area (Å²) in [6, 6.07) is 8.65. The Labute approximate surface area is 136 Å². The number of amides is 1. The fourth-order valence-electron chi connectivity index (χ4n) is 1.67. The maximum absolute atomic E-state index is 11.4. The zero-order chi connectivity index (χ0) is 16.8. The molecule has 0 atom stereocenters. The van der Waals surface area contributed by atoms with Crippen molar-refractivity contribution in [3.05, 3.63) is 40.4 Å². The predicted octanol–water partition coefficient (Wildman–Crippen LogP) is 2.35. The van der Waals surface area contributed by atoms with Crippen LogP contribution < -0.4 is 5.32 Å². The number of allylic oxidation sites excluding steroid dienone is 1. The summed E-state index contributed by atoms with van der Waals surface area (Å²) < 4.78 is 4.62. The SMILES string of the molecule is COC(=O)c1ccc(C=C(C#N)c2nnc(NC(C)=O)s2)cc1. The van der Waals surface area contributed by atoms with Gasteiger partial charge in [0.2, 0.25) is 11.0 Å². The fraction of sp³-hybridized carbons (Fsp3) is 0.133. The van der Waals surface area contributed by atoms with Gasteiger partial charge in [0.05, 0.1) is 18.2 Å². The Kier molecular flexibility index (Phi) is 5.17. The molecule has 1 amide bonds. The molecule has 7 nitrogen and oxygen atoms in total. The molecule has 2 aromatic rings. The third-order valence-corrected chi connectivity index (χ3v) is 3.57. The highest BCUT2D eigenvalue weighted by Crippen LogP contribution is 2.24. The van der Waals surface area contributed by atoms with Gasteiger partial charge in [0, 0.05) is 6.92 Å². The van der Waals surface area contributed by atoms with Gasteiger partial charge >= 0.3 is 5.97 Å². The summed E-state index contributed by atoms with van der Waals surface area (Å²) >= 11 is 1.11. The van der Waals surface area contributed by atoms with E-state index < -0.39 is 5.97 Å². The molecule has 1 aromatic heterocycles. The van der Waals surface area contributed by atoms with Crippen LogP contribution in [0.2, 0.25) is 0 Å². The summed E-state index contributed by atoms with van der Waals surface area (Å²) in [5.41, 5.74) is 1.46. The second kappa shape index (κ2) is 7.29. The number of rotatable bonds is 4. The van der Waals surface area contributed by atoms with Crippen LogP contribution in [-0.2, 0) is 9.53 Å². The first-order chi connectivity index (χ1) is 11.0. The Morgan fingerprint density at radius 3 is 2.57 bits per heavy atom. The third-order valence-electron chi connectivity index (χ3n) is 2.70. The Morgan fingerprint density at radius 1 is 1.30 bits per heavy atom. The number of hydrogen-bond acceptors (Lipinski definition) is 7. The number of ether oxygens (including phenoxy) is 1. The number of anilines is 1. The summed E-state index contributed by atoms with van der Waals surface area (Å²) in [4.78, 5) is 22.3. The van der Waals surface area contributed by atoms with E-state index in [1.54, 1.807) is 30.3 Å². The fourth-order valence-corrected chi connectivity index (χ4v) is 2.43. The number of nitrogens with zero attached hydrogens (tertiary/aromatic N) is 3. The topological polar surface area (TPSA) is 105 Å². The summed E-state index contributed by atoms with van der Waals surface area (Å²) in [5.74, 6) is -0.682. The molecule has 2 rings (SSSR count). The number of benzene rings is 1. The van der Waals surface area contributed by atoms with Crippen LogP contribution >= 0.6 is 11.3 Å². The van der Waals surface area contributed by atoms with E-state index in [0.29, 0.717) is 21.3 Å². The zero-order valence-electron chi connectivity index (χ0n) is 12.4. The molecule has 0 saturated heterocycles. The minimum atomic E-state index is -0.426. The maximum Gasteiger partial charge on any atom is 0.337 e. The molecule has 1 aromatic carbocycles. The van der Waals surface area contributed by atoms with Crippen molar-refractivity contribution in [1.82, 2.24) is 10.2 Å². The largest absolute Gasteiger partial charge is 0.465 e. The summed E-state index contributed by atoms with van der Waals surface area (Å²) in [6.07, 6.45) is 1.62. The lowest BCUT2D eigenvalue weighted by Crippen LogP contribution is -2.04. The van der Waals surface area contributed by atoms with Crippen LogP contribution in [0.15, 0.2) is 24.3 Å². The molecule has 1 heterocycles. The number of hydrogen-bond donors (Lipinski definition) is 1. The highest BCUT2D eigenvalue weighted by Gasteiger charge is 2.10.